The number of hydrogen-bond donors (Lipinski definition) is 1. The van der Waals surface area contributed by atoms with Gasteiger partial charge in [-0.15, -0.1) is 0 Å². The molecule has 5 nitrogen and oxygen atoms in total. The Hall–Kier alpha value is -2.06. The van der Waals surface area contributed by atoms with Crippen molar-refractivity contribution < 1.29 is 14.6 Å². The Labute approximate surface area is 130 Å². The quantitative estimate of drug-likeness (QED) is 0.862. The van der Waals surface area contributed by atoms with Crippen LogP contribution >= 0.6 is 0 Å². The summed E-state index contributed by atoms with van der Waals surface area (Å²) in [6.45, 7) is 4.43. The monoisotopic (exact) mass is 300 g/mol. The molecule has 5 heteroatoms. The number of nitrogens with zero attached hydrogens (tertiary/aromatic N) is 2. The van der Waals surface area contributed by atoms with E-state index in [0.717, 1.165) is 12.8 Å². The van der Waals surface area contributed by atoms with E-state index in [-0.39, 0.29) is 5.91 Å². The van der Waals surface area contributed by atoms with Crippen LogP contribution in [0.25, 0.3) is 0 Å². The number of carbonyl (C=O) groups excluding carboxylic acids is 1. The highest BCUT2D eigenvalue weighted by Gasteiger charge is 2.48. The van der Waals surface area contributed by atoms with Crippen molar-refractivity contribution in [2.24, 2.45) is 0 Å². The van der Waals surface area contributed by atoms with Gasteiger partial charge in [-0.25, -0.2) is 0 Å². The average molecular weight is 300 g/mol. The van der Waals surface area contributed by atoms with Gasteiger partial charge >= 0.3 is 0 Å². The van der Waals surface area contributed by atoms with E-state index < -0.39 is 17.7 Å². The number of amides is 1. The molecule has 1 aromatic carbocycles. The lowest BCUT2D eigenvalue weighted by atomic mass is 9.83. The van der Waals surface area contributed by atoms with Crippen LogP contribution in [0.3, 0.4) is 0 Å². The van der Waals surface area contributed by atoms with Gasteiger partial charge in [0.15, 0.2) is 0 Å². The number of aliphatic hydroxyl groups excluding tert-OH is 1. The molecule has 1 saturated heterocycles. The van der Waals surface area contributed by atoms with Crippen LogP contribution in [-0.2, 0) is 4.79 Å². The van der Waals surface area contributed by atoms with Crippen LogP contribution in [0.4, 0.5) is 0 Å². The minimum atomic E-state index is -0.853. The van der Waals surface area contributed by atoms with Crippen molar-refractivity contribution in [1.82, 2.24) is 4.90 Å². The van der Waals surface area contributed by atoms with Crippen LogP contribution in [0.1, 0.15) is 50.3 Å². The molecule has 2 atom stereocenters. The van der Waals surface area contributed by atoms with Gasteiger partial charge in [0.25, 0.3) is 0 Å². The fraction of sp³-hybridized carbons (Fsp3) is 0.529. The molecule has 1 fully saturated rings. The van der Waals surface area contributed by atoms with E-state index in [9.17, 15) is 9.90 Å². The standard InChI is InChI=1S/C17H20N2O3/c1-17(2)16(19-8-4-3-5-14(19)20)15(21)12-9-11(10-18)6-7-13(12)22-17/h6-7,9,15-16,21H,3-5,8H2,1-2H3/t15-,16+/m1/s1. The second kappa shape index (κ2) is 5.29. The van der Waals surface area contributed by atoms with Crippen LogP contribution in [0.5, 0.6) is 5.75 Å². The number of piperidine rings is 1. The summed E-state index contributed by atoms with van der Waals surface area (Å²) in [5, 5.41) is 19.9. The van der Waals surface area contributed by atoms with Gasteiger partial charge < -0.3 is 14.7 Å². The van der Waals surface area contributed by atoms with E-state index in [1.807, 2.05) is 13.8 Å². The molecule has 1 amide bonds. The third kappa shape index (κ3) is 2.34. The molecule has 1 aromatic rings. The molecule has 0 bridgehead atoms. The SMILES string of the molecule is CC1(C)Oc2ccc(C#N)cc2[C@@H](O)[C@@H]1N1CCCCC1=O. The second-order valence-electron chi connectivity index (χ2n) is 6.50. The van der Waals surface area contributed by atoms with Gasteiger partial charge in [-0.05, 0) is 44.9 Å². The maximum Gasteiger partial charge on any atom is 0.223 e. The number of carbonyl (C=O) groups is 1. The first-order chi connectivity index (χ1) is 10.4. The summed E-state index contributed by atoms with van der Waals surface area (Å²) < 4.78 is 6.04. The molecule has 1 N–H and O–H groups in total. The summed E-state index contributed by atoms with van der Waals surface area (Å²) in [6.07, 6.45) is 1.50. The van der Waals surface area contributed by atoms with Gasteiger partial charge in [0, 0.05) is 18.5 Å². The molecule has 3 rings (SSSR count). The molecule has 0 unspecified atom stereocenters. The van der Waals surface area contributed by atoms with Crippen molar-refractivity contribution in [3.8, 4) is 11.8 Å². The molecule has 22 heavy (non-hydrogen) atoms. The lowest BCUT2D eigenvalue weighted by Crippen LogP contribution is -2.60. The minimum Gasteiger partial charge on any atom is -0.485 e. The largest absolute Gasteiger partial charge is 0.485 e. The maximum atomic E-state index is 12.3. The van der Waals surface area contributed by atoms with E-state index >= 15 is 0 Å². The Morgan fingerprint density at radius 3 is 2.86 bits per heavy atom. The average Bonchev–Trinajstić information content (AvgIpc) is 2.48. The Morgan fingerprint density at radius 2 is 2.18 bits per heavy atom. The number of likely N-dealkylation sites (tertiary alicyclic amines) is 1. The molecule has 2 heterocycles. The van der Waals surface area contributed by atoms with Crippen molar-refractivity contribution >= 4 is 5.91 Å². The smallest absolute Gasteiger partial charge is 0.223 e. The molecular weight excluding hydrogens is 280 g/mol. The number of nitriles is 1. The van der Waals surface area contributed by atoms with Crippen LogP contribution in [0.15, 0.2) is 18.2 Å². The van der Waals surface area contributed by atoms with Gasteiger partial charge in [0.05, 0.1) is 11.6 Å². The first-order valence-electron chi connectivity index (χ1n) is 7.64. The lowest BCUT2D eigenvalue weighted by Gasteiger charge is -2.49. The zero-order valence-corrected chi connectivity index (χ0v) is 12.9. The summed E-state index contributed by atoms with van der Waals surface area (Å²) in [6, 6.07) is 6.67. The van der Waals surface area contributed by atoms with Crippen LogP contribution in [-0.4, -0.2) is 34.1 Å². The fourth-order valence-corrected chi connectivity index (χ4v) is 3.50. The normalized spacial score (nSPS) is 26.8. The maximum absolute atomic E-state index is 12.3. The van der Waals surface area contributed by atoms with Crippen molar-refractivity contribution in [1.29, 1.82) is 5.26 Å². The Morgan fingerprint density at radius 1 is 1.41 bits per heavy atom. The number of fused-ring (bicyclic) bond motifs is 1. The topological polar surface area (TPSA) is 73.6 Å². The summed E-state index contributed by atoms with van der Waals surface area (Å²) in [7, 11) is 0. The number of hydrogen-bond acceptors (Lipinski definition) is 4. The first-order valence-corrected chi connectivity index (χ1v) is 7.64. The van der Waals surface area contributed by atoms with Crippen molar-refractivity contribution in [2.75, 3.05) is 6.54 Å². The van der Waals surface area contributed by atoms with Crippen molar-refractivity contribution in [3.05, 3.63) is 29.3 Å². The predicted molar refractivity (Wildman–Crippen MR) is 80.2 cm³/mol. The van der Waals surface area contributed by atoms with Gasteiger partial charge in [-0.2, -0.15) is 5.26 Å². The molecule has 0 radical (unpaired) electrons. The van der Waals surface area contributed by atoms with Gasteiger partial charge in [-0.3, -0.25) is 4.79 Å². The molecule has 0 aliphatic carbocycles. The van der Waals surface area contributed by atoms with E-state index in [4.69, 9.17) is 10.00 Å². The van der Waals surface area contributed by atoms with E-state index in [2.05, 4.69) is 6.07 Å². The first kappa shape index (κ1) is 14.9. The third-order valence-corrected chi connectivity index (χ3v) is 4.54. The summed E-state index contributed by atoms with van der Waals surface area (Å²) in [5.74, 6) is 0.643. The highest BCUT2D eigenvalue weighted by atomic mass is 16.5. The zero-order chi connectivity index (χ0) is 15.9. The van der Waals surface area contributed by atoms with Crippen molar-refractivity contribution in [2.45, 2.75) is 50.9 Å². The lowest BCUT2D eigenvalue weighted by molar-refractivity contribution is -0.150. The minimum absolute atomic E-state index is 0.0619. The van der Waals surface area contributed by atoms with Gasteiger partial charge in [-0.1, -0.05) is 0 Å². The summed E-state index contributed by atoms with van der Waals surface area (Å²) in [5.41, 5.74) is 0.375. The highest BCUT2D eigenvalue weighted by molar-refractivity contribution is 5.77. The molecule has 0 aromatic heterocycles. The molecule has 0 spiro atoms. The third-order valence-electron chi connectivity index (χ3n) is 4.54. The van der Waals surface area contributed by atoms with Crippen LogP contribution in [0.2, 0.25) is 0 Å². The Balaban J connectivity index is 2.03. The summed E-state index contributed by atoms with van der Waals surface area (Å²) >= 11 is 0. The van der Waals surface area contributed by atoms with E-state index in [1.165, 1.54) is 0 Å². The van der Waals surface area contributed by atoms with Crippen LogP contribution in [0, 0.1) is 11.3 Å². The Bertz CT molecular complexity index is 648. The summed E-state index contributed by atoms with van der Waals surface area (Å²) in [4.78, 5) is 14.0. The van der Waals surface area contributed by atoms with Gasteiger partial charge in [0.1, 0.15) is 23.5 Å². The molecular formula is C17H20N2O3. The zero-order valence-electron chi connectivity index (χ0n) is 12.9. The van der Waals surface area contributed by atoms with E-state index in [1.54, 1.807) is 23.1 Å². The van der Waals surface area contributed by atoms with E-state index in [0.29, 0.717) is 29.8 Å². The number of ether oxygens (including phenoxy) is 1. The molecule has 0 saturated carbocycles. The number of benzene rings is 1. The second-order valence-corrected chi connectivity index (χ2v) is 6.50. The molecule has 2 aliphatic rings. The molecule has 2 aliphatic heterocycles. The van der Waals surface area contributed by atoms with Gasteiger partial charge in [0.2, 0.25) is 5.91 Å². The molecule has 116 valence electrons. The fourth-order valence-electron chi connectivity index (χ4n) is 3.50. The number of rotatable bonds is 1. The van der Waals surface area contributed by atoms with Crippen molar-refractivity contribution in [3.63, 3.8) is 0 Å². The Kier molecular flexibility index (Phi) is 3.57. The predicted octanol–water partition coefficient (Wildman–Crippen LogP) is 2.14. The van der Waals surface area contributed by atoms with Crippen LogP contribution < -0.4 is 4.74 Å². The number of aliphatic hydroxyl groups is 1. The highest BCUT2D eigenvalue weighted by Crippen LogP contribution is 2.43.